The Morgan fingerprint density at radius 3 is 1.11 bits per heavy atom. The van der Waals surface area contributed by atoms with E-state index in [2.05, 4.69) is 0 Å². The first-order chi connectivity index (χ1) is 12.2. The molecular formula is C18H28F10. The molecule has 0 aliphatic carbocycles. The highest BCUT2D eigenvalue weighted by Crippen LogP contribution is 2.46. The molecule has 28 heavy (non-hydrogen) atoms. The van der Waals surface area contributed by atoms with Gasteiger partial charge in [0.1, 0.15) is 0 Å². The third kappa shape index (κ3) is 12.7. The van der Waals surface area contributed by atoms with Gasteiger partial charge in [0.15, 0.2) is 0 Å². The summed E-state index contributed by atoms with van der Waals surface area (Å²) in [5.74, 6) is -22.9. The topological polar surface area (TPSA) is 0 Å². The SMILES string of the molecule is CC(C)CCC(F)(F)CC(F)(F)CC(F)(F)CC(F)(F)CC(F)(F)CC(C)C. The Bertz CT molecular complexity index is 469. The summed E-state index contributed by atoms with van der Waals surface area (Å²) in [5, 5.41) is 0. The molecule has 0 fully saturated rings. The Morgan fingerprint density at radius 1 is 0.464 bits per heavy atom. The molecule has 0 N–H and O–H groups in total. The molecule has 0 atom stereocenters. The Morgan fingerprint density at radius 2 is 0.786 bits per heavy atom. The lowest BCUT2D eigenvalue weighted by Gasteiger charge is -2.30. The van der Waals surface area contributed by atoms with E-state index in [1.165, 1.54) is 13.8 Å². The van der Waals surface area contributed by atoms with Crippen molar-refractivity contribution in [3.8, 4) is 0 Å². The second-order valence-corrected chi connectivity index (χ2v) is 8.52. The maximum absolute atomic E-state index is 13.7. The Labute approximate surface area is 159 Å². The van der Waals surface area contributed by atoms with Gasteiger partial charge >= 0.3 is 0 Å². The molecule has 0 unspecified atom stereocenters. The summed E-state index contributed by atoms with van der Waals surface area (Å²) in [6.07, 6.45) is -11.6. The van der Waals surface area contributed by atoms with Crippen molar-refractivity contribution in [1.82, 2.24) is 0 Å². The molecule has 0 heterocycles. The van der Waals surface area contributed by atoms with E-state index in [1.54, 1.807) is 13.8 Å². The van der Waals surface area contributed by atoms with Crippen LogP contribution in [0.25, 0.3) is 0 Å². The summed E-state index contributed by atoms with van der Waals surface area (Å²) in [6.45, 7) is 5.78. The second kappa shape index (κ2) is 9.41. The van der Waals surface area contributed by atoms with Crippen LogP contribution >= 0.6 is 0 Å². The van der Waals surface area contributed by atoms with Gasteiger partial charge in [0.2, 0.25) is 0 Å². The monoisotopic (exact) mass is 434 g/mol. The van der Waals surface area contributed by atoms with Crippen molar-refractivity contribution in [2.75, 3.05) is 0 Å². The van der Waals surface area contributed by atoms with Crippen LogP contribution in [0.1, 0.15) is 72.6 Å². The molecule has 0 aliphatic rings. The maximum Gasteiger partial charge on any atom is 0.259 e. The first-order valence-electron chi connectivity index (χ1n) is 9.05. The summed E-state index contributed by atoms with van der Waals surface area (Å²) in [6, 6.07) is 0. The third-order valence-electron chi connectivity index (χ3n) is 3.86. The van der Waals surface area contributed by atoms with E-state index in [0.717, 1.165) is 0 Å². The molecule has 0 aromatic heterocycles. The first-order valence-corrected chi connectivity index (χ1v) is 9.05. The van der Waals surface area contributed by atoms with Gasteiger partial charge in [-0.1, -0.05) is 27.7 Å². The molecule has 0 radical (unpaired) electrons. The van der Waals surface area contributed by atoms with Crippen molar-refractivity contribution in [1.29, 1.82) is 0 Å². The molecule has 170 valence electrons. The summed E-state index contributed by atoms with van der Waals surface area (Å²) in [5.41, 5.74) is 0. The van der Waals surface area contributed by atoms with Gasteiger partial charge < -0.3 is 0 Å². The Hall–Kier alpha value is -0.700. The first kappa shape index (κ1) is 27.3. The molecular weight excluding hydrogens is 406 g/mol. The van der Waals surface area contributed by atoms with Gasteiger partial charge in [0.05, 0.1) is 25.7 Å². The molecule has 0 saturated carbocycles. The van der Waals surface area contributed by atoms with Crippen LogP contribution in [0.2, 0.25) is 0 Å². The van der Waals surface area contributed by atoms with E-state index < -0.39 is 74.1 Å². The van der Waals surface area contributed by atoms with Crippen molar-refractivity contribution in [2.24, 2.45) is 11.8 Å². The highest BCUT2D eigenvalue weighted by Gasteiger charge is 2.54. The van der Waals surface area contributed by atoms with E-state index in [1.807, 2.05) is 0 Å². The smallest absolute Gasteiger partial charge is 0.207 e. The van der Waals surface area contributed by atoms with E-state index >= 15 is 0 Å². The average molecular weight is 434 g/mol. The minimum absolute atomic E-state index is 0.123. The molecule has 0 nitrogen and oxygen atoms in total. The van der Waals surface area contributed by atoms with Crippen LogP contribution in [-0.4, -0.2) is 29.6 Å². The van der Waals surface area contributed by atoms with E-state index in [4.69, 9.17) is 0 Å². The third-order valence-corrected chi connectivity index (χ3v) is 3.86. The van der Waals surface area contributed by atoms with Crippen molar-refractivity contribution >= 4 is 0 Å². The Balaban J connectivity index is 4.99. The normalized spacial score (nSPS) is 15.0. The number of halogens is 10. The van der Waals surface area contributed by atoms with Crippen LogP contribution in [0.5, 0.6) is 0 Å². The van der Waals surface area contributed by atoms with Crippen LogP contribution in [0, 0.1) is 11.8 Å². The van der Waals surface area contributed by atoms with Crippen molar-refractivity contribution in [2.45, 2.75) is 102 Å². The standard InChI is InChI=1S/C18H28F10/c1-12(2)5-6-14(19,20)8-16(23,24)10-18(27,28)11-17(25,26)9-15(21,22)7-13(3)4/h12-13H,5-11H2,1-4H3. The lowest BCUT2D eigenvalue weighted by Crippen LogP contribution is -2.40. The molecule has 0 aromatic rings. The van der Waals surface area contributed by atoms with E-state index in [9.17, 15) is 43.9 Å². The molecule has 0 bridgehead atoms. The zero-order valence-corrected chi connectivity index (χ0v) is 16.4. The summed E-state index contributed by atoms with van der Waals surface area (Å²) in [4.78, 5) is 0. The van der Waals surface area contributed by atoms with Crippen molar-refractivity contribution in [3.05, 3.63) is 0 Å². The van der Waals surface area contributed by atoms with Crippen LogP contribution in [-0.2, 0) is 0 Å². The van der Waals surface area contributed by atoms with Gasteiger partial charge in [0, 0.05) is 12.8 Å². The zero-order chi connectivity index (χ0) is 22.6. The highest BCUT2D eigenvalue weighted by atomic mass is 19.3. The quantitative estimate of drug-likeness (QED) is 0.256. The minimum atomic E-state index is -4.78. The summed E-state index contributed by atoms with van der Waals surface area (Å²) in [7, 11) is 0. The second-order valence-electron chi connectivity index (χ2n) is 8.52. The highest BCUT2D eigenvalue weighted by molar-refractivity contribution is 4.88. The number of alkyl halides is 10. The van der Waals surface area contributed by atoms with E-state index in [0.29, 0.717) is 0 Å². The number of hydrogen-bond acceptors (Lipinski definition) is 0. The summed E-state index contributed by atoms with van der Waals surface area (Å²) < 4.78 is 136. The molecule has 10 heteroatoms. The van der Waals surface area contributed by atoms with Crippen LogP contribution in [0.15, 0.2) is 0 Å². The molecule has 0 aromatic carbocycles. The largest absolute Gasteiger partial charge is 0.259 e. The van der Waals surface area contributed by atoms with Crippen LogP contribution < -0.4 is 0 Å². The van der Waals surface area contributed by atoms with Crippen LogP contribution in [0.4, 0.5) is 43.9 Å². The minimum Gasteiger partial charge on any atom is -0.207 e. The predicted molar refractivity (Wildman–Crippen MR) is 86.7 cm³/mol. The maximum atomic E-state index is 13.7. The fourth-order valence-corrected chi connectivity index (χ4v) is 2.96. The fourth-order valence-electron chi connectivity index (χ4n) is 2.96. The van der Waals surface area contributed by atoms with Gasteiger partial charge in [-0.15, -0.1) is 0 Å². The van der Waals surface area contributed by atoms with E-state index in [-0.39, 0.29) is 12.3 Å². The zero-order valence-electron chi connectivity index (χ0n) is 16.4. The lowest BCUT2D eigenvalue weighted by atomic mass is 9.93. The molecule has 0 rings (SSSR count). The number of hydrogen-bond donors (Lipinski definition) is 0. The fraction of sp³-hybridized carbons (Fsp3) is 1.00. The van der Waals surface area contributed by atoms with Crippen LogP contribution in [0.3, 0.4) is 0 Å². The molecule has 0 aliphatic heterocycles. The molecule has 0 spiro atoms. The average Bonchev–Trinajstić information content (AvgIpc) is 2.27. The molecule has 0 amide bonds. The van der Waals surface area contributed by atoms with Gasteiger partial charge in [-0.3, -0.25) is 0 Å². The predicted octanol–water partition coefficient (Wildman–Crippen LogP) is 8.21. The van der Waals surface area contributed by atoms with Gasteiger partial charge in [-0.2, -0.15) is 0 Å². The number of rotatable bonds is 13. The lowest BCUT2D eigenvalue weighted by molar-refractivity contribution is -0.194. The molecule has 0 saturated heterocycles. The van der Waals surface area contributed by atoms with Crippen molar-refractivity contribution < 1.29 is 43.9 Å². The Kier molecular flexibility index (Phi) is 9.17. The van der Waals surface area contributed by atoms with Gasteiger partial charge in [0.25, 0.3) is 29.6 Å². The van der Waals surface area contributed by atoms with Gasteiger partial charge in [-0.25, -0.2) is 43.9 Å². The van der Waals surface area contributed by atoms with Gasteiger partial charge in [-0.05, 0) is 18.3 Å². The summed E-state index contributed by atoms with van der Waals surface area (Å²) >= 11 is 0. The van der Waals surface area contributed by atoms with Crippen molar-refractivity contribution in [3.63, 3.8) is 0 Å².